The first-order valence-corrected chi connectivity index (χ1v) is 5.02. The van der Waals surface area contributed by atoms with Crippen LogP contribution in [-0.2, 0) is 0 Å². The summed E-state index contributed by atoms with van der Waals surface area (Å²) >= 11 is 0. The number of hydrogen-bond donors (Lipinski definition) is 0. The summed E-state index contributed by atoms with van der Waals surface area (Å²) in [5.41, 5.74) is 0. The molecule has 1 saturated carbocycles. The van der Waals surface area contributed by atoms with Gasteiger partial charge in [0.25, 0.3) is 0 Å². The van der Waals surface area contributed by atoms with E-state index in [0.717, 1.165) is 18.8 Å². The summed E-state index contributed by atoms with van der Waals surface area (Å²) < 4.78 is 0. The van der Waals surface area contributed by atoms with Crippen LogP contribution in [0.4, 0.5) is 0 Å². The minimum absolute atomic E-state index is 0.932. The zero-order chi connectivity index (χ0) is 8.81. The van der Waals surface area contributed by atoms with Crippen molar-refractivity contribution in [2.45, 2.75) is 32.6 Å². The molecule has 1 heteroatoms. The van der Waals surface area contributed by atoms with E-state index in [0.29, 0.717) is 0 Å². The molecule has 0 aromatic heterocycles. The Kier molecular flexibility index (Phi) is 4.18. The molecule has 0 aromatic carbocycles. The maximum Gasteiger partial charge on any atom is 0.00982 e. The second kappa shape index (κ2) is 5.22. The molecule has 0 saturated heterocycles. The molecule has 0 atom stereocenters. The molecule has 0 bridgehead atoms. The van der Waals surface area contributed by atoms with Crippen molar-refractivity contribution < 1.29 is 0 Å². The largest absolute Gasteiger partial charge is 0.303 e. The predicted molar refractivity (Wildman–Crippen MR) is 52.9 cm³/mol. The van der Waals surface area contributed by atoms with Crippen LogP contribution in [0.15, 0.2) is 0 Å². The van der Waals surface area contributed by atoms with Gasteiger partial charge in [-0.1, -0.05) is 6.92 Å². The monoisotopic (exact) mass is 165 g/mol. The number of rotatable bonds is 6. The highest BCUT2D eigenvalue weighted by atomic mass is 15.1. The zero-order valence-electron chi connectivity index (χ0n) is 8.05. The fraction of sp³-hybridized carbons (Fsp3) is 0.818. The first kappa shape index (κ1) is 9.61. The Morgan fingerprint density at radius 2 is 2.25 bits per heavy atom. The molecule has 0 N–H and O–H groups in total. The van der Waals surface area contributed by atoms with Gasteiger partial charge in [0.15, 0.2) is 0 Å². The number of hydrogen-bond acceptors (Lipinski definition) is 1. The summed E-state index contributed by atoms with van der Waals surface area (Å²) in [6.45, 7) is 5.91. The molecule has 1 rings (SSSR count). The van der Waals surface area contributed by atoms with Crippen LogP contribution in [0.5, 0.6) is 0 Å². The maximum atomic E-state index is 5.20. The fourth-order valence-electron chi connectivity index (χ4n) is 1.45. The molecule has 1 nitrogen and oxygen atoms in total. The van der Waals surface area contributed by atoms with Gasteiger partial charge in [0.2, 0.25) is 0 Å². The normalized spacial score (nSPS) is 16.4. The highest BCUT2D eigenvalue weighted by Crippen LogP contribution is 2.29. The topological polar surface area (TPSA) is 3.24 Å². The standard InChI is InChI=1S/C11H19N/c1-3-5-6-9-12(4-2)10-11-7-8-11/h1,11H,4-10H2,2H3. The van der Waals surface area contributed by atoms with E-state index in [9.17, 15) is 0 Å². The molecule has 0 amide bonds. The Bertz CT molecular complexity index is 153. The molecule has 68 valence electrons. The molecular weight excluding hydrogens is 146 g/mol. The zero-order valence-corrected chi connectivity index (χ0v) is 8.05. The minimum atomic E-state index is 0.932. The molecular formula is C11H19N. The molecule has 1 aliphatic carbocycles. The van der Waals surface area contributed by atoms with Crippen molar-refractivity contribution in [3.8, 4) is 12.3 Å². The quantitative estimate of drug-likeness (QED) is 0.430. The lowest BCUT2D eigenvalue weighted by molar-refractivity contribution is 0.274. The van der Waals surface area contributed by atoms with Gasteiger partial charge >= 0.3 is 0 Å². The van der Waals surface area contributed by atoms with Crippen LogP contribution in [0.1, 0.15) is 32.6 Å². The number of terminal acetylenes is 1. The summed E-state index contributed by atoms with van der Waals surface area (Å²) in [7, 11) is 0. The van der Waals surface area contributed by atoms with Gasteiger partial charge in [0.05, 0.1) is 0 Å². The molecule has 0 heterocycles. The molecule has 1 fully saturated rings. The van der Waals surface area contributed by atoms with Crippen LogP contribution in [0.2, 0.25) is 0 Å². The van der Waals surface area contributed by atoms with E-state index in [1.807, 2.05) is 0 Å². The SMILES string of the molecule is C#CCCCN(CC)CC1CC1. The van der Waals surface area contributed by atoms with Crippen LogP contribution >= 0.6 is 0 Å². The first-order chi connectivity index (χ1) is 5.86. The van der Waals surface area contributed by atoms with Crippen LogP contribution < -0.4 is 0 Å². The molecule has 0 aromatic rings. The third-order valence-corrected chi connectivity index (χ3v) is 2.46. The third-order valence-electron chi connectivity index (χ3n) is 2.46. The summed E-state index contributed by atoms with van der Waals surface area (Å²) in [4.78, 5) is 2.52. The minimum Gasteiger partial charge on any atom is -0.303 e. The highest BCUT2D eigenvalue weighted by molar-refractivity contribution is 4.84. The Labute approximate surface area is 76.1 Å². The van der Waals surface area contributed by atoms with Gasteiger partial charge in [-0.3, -0.25) is 0 Å². The molecule has 12 heavy (non-hydrogen) atoms. The Morgan fingerprint density at radius 3 is 2.75 bits per heavy atom. The van der Waals surface area contributed by atoms with Crippen molar-refractivity contribution in [2.24, 2.45) is 5.92 Å². The van der Waals surface area contributed by atoms with Gasteiger partial charge in [-0.05, 0) is 38.3 Å². The van der Waals surface area contributed by atoms with E-state index in [-0.39, 0.29) is 0 Å². The lowest BCUT2D eigenvalue weighted by atomic mass is 10.3. The average Bonchev–Trinajstić information content (AvgIpc) is 2.87. The van der Waals surface area contributed by atoms with Gasteiger partial charge in [-0.15, -0.1) is 12.3 Å². The predicted octanol–water partition coefficient (Wildman–Crippen LogP) is 2.13. The van der Waals surface area contributed by atoms with Crippen molar-refractivity contribution in [2.75, 3.05) is 19.6 Å². The van der Waals surface area contributed by atoms with E-state index >= 15 is 0 Å². The maximum absolute atomic E-state index is 5.20. The van der Waals surface area contributed by atoms with Gasteiger partial charge in [-0.2, -0.15) is 0 Å². The van der Waals surface area contributed by atoms with E-state index in [1.165, 1.54) is 32.5 Å². The van der Waals surface area contributed by atoms with Crippen molar-refractivity contribution in [1.82, 2.24) is 4.90 Å². The molecule has 0 unspecified atom stereocenters. The molecule has 0 aliphatic heterocycles. The van der Waals surface area contributed by atoms with Gasteiger partial charge in [0.1, 0.15) is 0 Å². The van der Waals surface area contributed by atoms with E-state index in [4.69, 9.17) is 6.42 Å². The Balaban J connectivity index is 2.03. The second-order valence-electron chi connectivity index (χ2n) is 3.64. The van der Waals surface area contributed by atoms with Gasteiger partial charge in [0, 0.05) is 13.0 Å². The van der Waals surface area contributed by atoms with Crippen LogP contribution in [0.25, 0.3) is 0 Å². The summed E-state index contributed by atoms with van der Waals surface area (Å²) in [6.07, 6.45) is 10.2. The summed E-state index contributed by atoms with van der Waals surface area (Å²) in [6, 6.07) is 0. The van der Waals surface area contributed by atoms with Crippen molar-refractivity contribution in [3.63, 3.8) is 0 Å². The summed E-state index contributed by atoms with van der Waals surface area (Å²) in [5.74, 6) is 3.70. The first-order valence-electron chi connectivity index (χ1n) is 5.02. The molecule has 0 radical (unpaired) electrons. The highest BCUT2D eigenvalue weighted by Gasteiger charge is 2.23. The van der Waals surface area contributed by atoms with Crippen LogP contribution in [-0.4, -0.2) is 24.5 Å². The molecule has 0 spiro atoms. The average molecular weight is 165 g/mol. The summed E-state index contributed by atoms with van der Waals surface area (Å²) in [5, 5.41) is 0. The smallest absolute Gasteiger partial charge is 0.00982 e. The third kappa shape index (κ3) is 3.78. The van der Waals surface area contributed by atoms with Crippen molar-refractivity contribution in [1.29, 1.82) is 0 Å². The lowest BCUT2D eigenvalue weighted by Crippen LogP contribution is -2.26. The van der Waals surface area contributed by atoms with Crippen LogP contribution in [0.3, 0.4) is 0 Å². The van der Waals surface area contributed by atoms with E-state index in [2.05, 4.69) is 17.7 Å². The van der Waals surface area contributed by atoms with Crippen molar-refractivity contribution >= 4 is 0 Å². The Hall–Kier alpha value is -0.480. The number of unbranched alkanes of at least 4 members (excludes halogenated alkanes) is 1. The van der Waals surface area contributed by atoms with Gasteiger partial charge < -0.3 is 4.90 Å². The van der Waals surface area contributed by atoms with E-state index in [1.54, 1.807) is 0 Å². The van der Waals surface area contributed by atoms with E-state index < -0.39 is 0 Å². The van der Waals surface area contributed by atoms with Crippen LogP contribution in [0, 0.1) is 18.3 Å². The Morgan fingerprint density at radius 1 is 1.50 bits per heavy atom. The lowest BCUT2D eigenvalue weighted by Gasteiger charge is -2.19. The van der Waals surface area contributed by atoms with Crippen molar-refractivity contribution in [3.05, 3.63) is 0 Å². The van der Waals surface area contributed by atoms with Gasteiger partial charge in [-0.25, -0.2) is 0 Å². The number of nitrogens with zero attached hydrogens (tertiary/aromatic N) is 1. The second-order valence-corrected chi connectivity index (χ2v) is 3.64. The molecule has 1 aliphatic rings. The fourth-order valence-corrected chi connectivity index (χ4v) is 1.45.